The topological polar surface area (TPSA) is 61.4 Å². The molecule has 0 atom stereocenters. The molecule has 2 rings (SSSR count). The van der Waals surface area contributed by atoms with Crippen molar-refractivity contribution in [1.29, 1.82) is 0 Å². The van der Waals surface area contributed by atoms with Crippen molar-refractivity contribution in [2.45, 2.75) is 44.9 Å². The fourth-order valence-corrected chi connectivity index (χ4v) is 4.62. The molecule has 1 fully saturated rings. The van der Waals surface area contributed by atoms with E-state index in [0.717, 1.165) is 49.4 Å². The van der Waals surface area contributed by atoms with E-state index in [2.05, 4.69) is 35.7 Å². The average Bonchev–Trinajstić information content (AvgIpc) is 2.46. The largest absolute Gasteiger partial charge is 0.314 e. The number of nitrogens with one attached hydrogen (secondary N) is 2. The van der Waals surface area contributed by atoms with Gasteiger partial charge in [-0.3, -0.25) is 4.90 Å². The molecular formula is C18H33Cl2N3O2S. The van der Waals surface area contributed by atoms with E-state index in [0.29, 0.717) is 11.4 Å². The van der Waals surface area contributed by atoms with Crippen LogP contribution in [0.4, 0.5) is 0 Å². The number of rotatable bonds is 5. The summed E-state index contributed by atoms with van der Waals surface area (Å²) in [6.45, 7) is 15.3. The molecule has 0 amide bonds. The summed E-state index contributed by atoms with van der Waals surface area (Å²) in [5.41, 5.74) is 2.80. The van der Waals surface area contributed by atoms with E-state index >= 15 is 0 Å². The molecule has 1 aromatic carbocycles. The quantitative estimate of drug-likeness (QED) is 0.760. The molecule has 1 aliphatic heterocycles. The Balaban J connectivity index is 0.00000312. The van der Waals surface area contributed by atoms with E-state index in [-0.39, 0.29) is 30.2 Å². The average molecular weight is 426 g/mol. The summed E-state index contributed by atoms with van der Waals surface area (Å²) >= 11 is 0. The van der Waals surface area contributed by atoms with Crippen molar-refractivity contribution in [3.8, 4) is 0 Å². The molecule has 0 saturated carbocycles. The first-order valence-corrected chi connectivity index (χ1v) is 10.1. The highest BCUT2D eigenvalue weighted by Gasteiger charge is 2.23. The molecular weight excluding hydrogens is 393 g/mol. The first kappa shape index (κ1) is 25.6. The van der Waals surface area contributed by atoms with Crippen molar-refractivity contribution in [3.63, 3.8) is 0 Å². The Morgan fingerprint density at radius 2 is 1.58 bits per heavy atom. The number of hydrogen-bond donors (Lipinski definition) is 2. The number of halogens is 2. The molecule has 26 heavy (non-hydrogen) atoms. The highest BCUT2D eigenvalue weighted by Crippen LogP contribution is 2.29. The van der Waals surface area contributed by atoms with Gasteiger partial charge in [0.1, 0.15) is 0 Å². The maximum Gasteiger partial charge on any atom is 0.241 e. The molecule has 1 saturated heterocycles. The molecule has 0 radical (unpaired) electrons. The fourth-order valence-electron chi connectivity index (χ4n) is 3.15. The van der Waals surface area contributed by atoms with Crippen LogP contribution in [-0.2, 0) is 15.4 Å². The Labute approximate surface area is 171 Å². The molecule has 152 valence electrons. The van der Waals surface area contributed by atoms with Crippen molar-refractivity contribution in [2.24, 2.45) is 0 Å². The summed E-state index contributed by atoms with van der Waals surface area (Å²) in [6.07, 6.45) is 0. The standard InChI is InChI=1S/C18H31N3O2S.2ClH/c1-14-12-16(18(3,4)5)13-15(2)17(14)24(22,23)20-8-11-21-9-6-19-7-10-21;;/h12-13,19-20H,6-11H2,1-5H3;2*1H. The lowest BCUT2D eigenvalue weighted by molar-refractivity contribution is 0.245. The van der Waals surface area contributed by atoms with E-state index in [1.807, 2.05) is 26.0 Å². The molecule has 1 aliphatic rings. The third kappa shape index (κ3) is 6.66. The van der Waals surface area contributed by atoms with Crippen LogP contribution in [0, 0.1) is 13.8 Å². The maximum atomic E-state index is 12.7. The smallest absolute Gasteiger partial charge is 0.241 e. The maximum absolute atomic E-state index is 12.7. The Hall–Kier alpha value is -0.370. The van der Waals surface area contributed by atoms with Gasteiger partial charge in [0.05, 0.1) is 4.90 Å². The second-order valence-electron chi connectivity index (χ2n) is 7.68. The number of piperazine rings is 1. The van der Waals surface area contributed by atoms with E-state index < -0.39 is 10.0 Å². The highest BCUT2D eigenvalue weighted by atomic mass is 35.5. The summed E-state index contributed by atoms with van der Waals surface area (Å²) in [4.78, 5) is 2.71. The predicted octanol–water partition coefficient (Wildman–Crippen LogP) is 2.63. The number of hydrogen-bond acceptors (Lipinski definition) is 4. The summed E-state index contributed by atoms with van der Waals surface area (Å²) in [6, 6.07) is 4.00. The summed E-state index contributed by atoms with van der Waals surface area (Å²) in [5.74, 6) is 0. The van der Waals surface area contributed by atoms with E-state index in [4.69, 9.17) is 0 Å². The van der Waals surface area contributed by atoms with Crippen LogP contribution in [0.25, 0.3) is 0 Å². The third-order valence-corrected chi connectivity index (χ3v) is 6.29. The van der Waals surface area contributed by atoms with Crippen LogP contribution in [0.2, 0.25) is 0 Å². The number of aryl methyl sites for hydroxylation is 2. The van der Waals surface area contributed by atoms with Gasteiger partial charge in [0.15, 0.2) is 0 Å². The number of sulfonamides is 1. The summed E-state index contributed by atoms with van der Waals surface area (Å²) in [5, 5.41) is 3.30. The lowest BCUT2D eigenvalue weighted by Gasteiger charge is -2.27. The van der Waals surface area contributed by atoms with Crippen LogP contribution >= 0.6 is 24.8 Å². The molecule has 1 aromatic rings. The molecule has 1 heterocycles. The van der Waals surface area contributed by atoms with Crippen molar-refractivity contribution in [2.75, 3.05) is 39.3 Å². The summed E-state index contributed by atoms with van der Waals surface area (Å²) in [7, 11) is -3.48. The third-order valence-electron chi connectivity index (χ3n) is 4.52. The van der Waals surface area contributed by atoms with Gasteiger partial charge in [-0.05, 0) is 36.0 Å². The first-order chi connectivity index (χ1) is 11.1. The number of nitrogens with zero attached hydrogens (tertiary/aromatic N) is 1. The van der Waals surface area contributed by atoms with Gasteiger partial charge in [0.25, 0.3) is 0 Å². The van der Waals surface area contributed by atoms with Gasteiger partial charge in [-0.1, -0.05) is 32.9 Å². The van der Waals surface area contributed by atoms with Gasteiger partial charge in [-0.15, -0.1) is 24.8 Å². The number of benzene rings is 1. The Morgan fingerprint density at radius 3 is 2.04 bits per heavy atom. The fraction of sp³-hybridized carbons (Fsp3) is 0.667. The minimum Gasteiger partial charge on any atom is -0.314 e. The van der Waals surface area contributed by atoms with Gasteiger partial charge >= 0.3 is 0 Å². The predicted molar refractivity (Wildman–Crippen MR) is 114 cm³/mol. The zero-order chi connectivity index (χ0) is 18.0. The zero-order valence-corrected chi connectivity index (χ0v) is 18.8. The lowest BCUT2D eigenvalue weighted by Crippen LogP contribution is -2.46. The van der Waals surface area contributed by atoms with Crippen LogP contribution in [-0.4, -0.2) is 52.6 Å². The molecule has 5 nitrogen and oxygen atoms in total. The van der Waals surface area contributed by atoms with E-state index in [9.17, 15) is 8.42 Å². The van der Waals surface area contributed by atoms with Gasteiger partial charge in [0.2, 0.25) is 10.0 Å². The van der Waals surface area contributed by atoms with Crippen LogP contribution in [0.5, 0.6) is 0 Å². The lowest BCUT2D eigenvalue weighted by atomic mass is 9.85. The minimum absolute atomic E-state index is 0. The molecule has 2 N–H and O–H groups in total. The van der Waals surface area contributed by atoms with Crippen LogP contribution < -0.4 is 10.0 Å². The van der Waals surface area contributed by atoms with Crippen LogP contribution in [0.15, 0.2) is 17.0 Å². The SMILES string of the molecule is Cc1cc(C(C)(C)C)cc(C)c1S(=O)(=O)NCCN1CCNCC1.Cl.Cl. The van der Waals surface area contributed by atoms with Crippen molar-refractivity contribution >= 4 is 34.8 Å². The second-order valence-corrected chi connectivity index (χ2v) is 9.38. The Morgan fingerprint density at radius 1 is 1.08 bits per heavy atom. The van der Waals surface area contributed by atoms with E-state index in [1.165, 1.54) is 0 Å². The zero-order valence-electron chi connectivity index (χ0n) is 16.4. The van der Waals surface area contributed by atoms with Crippen molar-refractivity contribution in [3.05, 3.63) is 28.8 Å². The second kappa shape index (κ2) is 10.2. The molecule has 0 aromatic heterocycles. The normalized spacial score (nSPS) is 15.9. The van der Waals surface area contributed by atoms with Crippen LogP contribution in [0.3, 0.4) is 0 Å². The first-order valence-electron chi connectivity index (χ1n) is 8.66. The molecule has 0 aliphatic carbocycles. The highest BCUT2D eigenvalue weighted by molar-refractivity contribution is 7.89. The molecule has 0 bridgehead atoms. The van der Waals surface area contributed by atoms with Gasteiger partial charge in [-0.25, -0.2) is 13.1 Å². The monoisotopic (exact) mass is 425 g/mol. The Bertz CT molecular complexity index is 659. The van der Waals surface area contributed by atoms with Gasteiger partial charge in [0, 0.05) is 39.3 Å². The minimum atomic E-state index is -3.48. The van der Waals surface area contributed by atoms with Crippen molar-refractivity contribution < 1.29 is 8.42 Å². The molecule has 0 spiro atoms. The molecule has 8 heteroatoms. The van der Waals surface area contributed by atoms with Gasteiger partial charge in [-0.2, -0.15) is 0 Å². The summed E-state index contributed by atoms with van der Waals surface area (Å²) < 4.78 is 28.2. The van der Waals surface area contributed by atoms with Crippen molar-refractivity contribution in [1.82, 2.24) is 14.9 Å². The molecule has 0 unspecified atom stereocenters. The van der Waals surface area contributed by atoms with E-state index in [1.54, 1.807) is 0 Å². The van der Waals surface area contributed by atoms with Gasteiger partial charge < -0.3 is 5.32 Å². The Kier molecular flexibility index (Phi) is 10.1. The van der Waals surface area contributed by atoms with Crippen LogP contribution in [0.1, 0.15) is 37.5 Å².